The molecule has 0 spiro atoms. The van der Waals surface area contributed by atoms with Crippen molar-refractivity contribution in [3.05, 3.63) is 64.1 Å². The molecule has 2 aromatic rings. The molecule has 116 valence electrons. The van der Waals surface area contributed by atoms with Crippen LogP contribution < -0.4 is 4.74 Å². The van der Waals surface area contributed by atoms with Gasteiger partial charge in [-0.3, -0.25) is 0 Å². The van der Waals surface area contributed by atoms with Crippen LogP contribution in [0.5, 0.6) is 5.75 Å². The molecule has 0 fully saturated rings. The fraction of sp³-hybridized carbons (Fsp3) is 0.278. The Balaban J connectivity index is 2.19. The lowest BCUT2D eigenvalue weighted by molar-refractivity contribution is -0.145. The number of hydrogen-bond donors (Lipinski definition) is 1. The van der Waals surface area contributed by atoms with Gasteiger partial charge >= 0.3 is 5.97 Å². The van der Waals surface area contributed by atoms with E-state index in [0.717, 1.165) is 15.6 Å². The topological polar surface area (TPSA) is 46.5 Å². The smallest absolute Gasteiger partial charge is 0.345 e. The number of carboxylic acid groups (broad SMARTS) is 1. The molecule has 0 aliphatic rings. The Hall–Kier alpha value is -1.81. The van der Waals surface area contributed by atoms with E-state index in [0.29, 0.717) is 12.2 Å². The van der Waals surface area contributed by atoms with Gasteiger partial charge in [-0.05, 0) is 35.2 Å². The zero-order valence-corrected chi connectivity index (χ0v) is 14.2. The molecule has 0 radical (unpaired) electrons. The number of benzene rings is 2. The highest BCUT2D eigenvalue weighted by Gasteiger charge is 2.21. The SMILES string of the molecule is CC(C)c1ccccc1O[C@@H](Cc1ccc(Br)cc1)C(=O)O. The largest absolute Gasteiger partial charge is 0.478 e. The lowest BCUT2D eigenvalue weighted by Crippen LogP contribution is -2.29. The minimum absolute atomic E-state index is 0.276. The van der Waals surface area contributed by atoms with Gasteiger partial charge in [-0.1, -0.05) is 60.1 Å². The first kappa shape index (κ1) is 16.6. The first-order valence-electron chi connectivity index (χ1n) is 7.20. The Morgan fingerprint density at radius 3 is 2.36 bits per heavy atom. The van der Waals surface area contributed by atoms with Crippen molar-refractivity contribution in [2.75, 3.05) is 0 Å². The summed E-state index contributed by atoms with van der Waals surface area (Å²) >= 11 is 3.37. The molecule has 2 rings (SSSR count). The zero-order chi connectivity index (χ0) is 16.1. The number of halogens is 1. The predicted octanol–water partition coefficient (Wildman–Crippen LogP) is 4.65. The third-order valence-corrected chi connectivity index (χ3v) is 3.95. The van der Waals surface area contributed by atoms with E-state index in [-0.39, 0.29) is 5.92 Å². The maximum atomic E-state index is 11.5. The van der Waals surface area contributed by atoms with Crippen LogP contribution in [0.1, 0.15) is 30.9 Å². The number of para-hydroxylation sites is 1. The lowest BCUT2D eigenvalue weighted by atomic mass is 10.0. The van der Waals surface area contributed by atoms with Crippen LogP contribution in [0, 0.1) is 0 Å². The van der Waals surface area contributed by atoms with Crippen LogP contribution in [0.2, 0.25) is 0 Å². The molecule has 0 saturated heterocycles. The normalized spacial score (nSPS) is 12.2. The molecule has 3 nitrogen and oxygen atoms in total. The van der Waals surface area contributed by atoms with Gasteiger partial charge in [0.05, 0.1) is 0 Å². The summed E-state index contributed by atoms with van der Waals surface area (Å²) in [6, 6.07) is 15.2. The monoisotopic (exact) mass is 362 g/mol. The summed E-state index contributed by atoms with van der Waals surface area (Å²) in [5.74, 6) is -0.0400. The summed E-state index contributed by atoms with van der Waals surface area (Å²) in [6.07, 6.45) is -0.573. The van der Waals surface area contributed by atoms with Gasteiger partial charge < -0.3 is 9.84 Å². The number of ether oxygens (including phenoxy) is 1. The van der Waals surface area contributed by atoms with Crippen LogP contribution in [0.15, 0.2) is 53.0 Å². The molecule has 0 aliphatic heterocycles. The van der Waals surface area contributed by atoms with Gasteiger partial charge in [-0.2, -0.15) is 0 Å². The Bertz CT molecular complexity index is 635. The van der Waals surface area contributed by atoms with E-state index in [4.69, 9.17) is 4.74 Å². The number of rotatable bonds is 6. The second-order valence-corrected chi connectivity index (χ2v) is 6.38. The molecule has 0 saturated carbocycles. The van der Waals surface area contributed by atoms with Crippen molar-refractivity contribution in [3.63, 3.8) is 0 Å². The van der Waals surface area contributed by atoms with Gasteiger partial charge in [0.1, 0.15) is 5.75 Å². The third kappa shape index (κ3) is 4.34. The van der Waals surface area contributed by atoms with E-state index in [9.17, 15) is 9.90 Å². The van der Waals surface area contributed by atoms with Crippen molar-refractivity contribution in [1.82, 2.24) is 0 Å². The first-order valence-corrected chi connectivity index (χ1v) is 7.99. The molecule has 22 heavy (non-hydrogen) atoms. The minimum atomic E-state index is -0.957. The molecule has 4 heteroatoms. The second kappa shape index (κ2) is 7.45. The number of carboxylic acids is 1. The zero-order valence-electron chi connectivity index (χ0n) is 12.6. The minimum Gasteiger partial charge on any atom is -0.478 e. The molecule has 0 amide bonds. The highest BCUT2D eigenvalue weighted by Crippen LogP contribution is 2.27. The van der Waals surface area contributed by atoms with Crippen molar-refractivity contribution in [3.8, 4) is 5.75 Å². The standard InChI is InChI=1S/C18H19BrO3/c1-12(2)15-5-3-4-6-16(15)22-17(18(20)21)11-13-7-9-14(19)10-8-13/h3-10,12,17H,11H2,1-2H3,(H,20,21)/t17-/m0/s1. The quantitative estimate of drug-likeness (QED) is 0.813. The average molecular weight is 363 g/mol. The van der Waals surface area contributed by atoms with Crippen molar-refractivity contribution in [2.24, 2.45) is 0 Å². The van der Waals surface area contributed by atoms with Crippen LogP contribution in [0.3, 0.4) is 0 Å². The van der Waals surface area contributed by atoms with E-state index in [1.165, 1.54) is 0 Å². The van der Waals surface area contributed by atoms with Crippen molar-refractivity contribution >= 4 is 21.9 Å². The van der Waals surface area contributed by atoms with Gasteiger partial charge in [-0.15, -0.1) is 0 Å². The third-order valence-electron chi connectivity index (χ3n) is 3.42. The fourth-order valence-corrected chi connectivity index (χ4v) is 2.50. The van der Waals surface area contributed by atoms with Gasteiger partial charge in [0.2, 0.25) is 0 Å². The molecule has 0 aliphatic carbocycles. The highest BCUT2D eigenvalue weighted by atomic mass is 79.9. The van der Waals surface area contributed by atoms with Crippen LogP contribution >= 0.6 is 15.9 Å². The summed E-state index contributed by atoms with van der Waals surface area (Å²) in [4.78, 5) is 11.5. The Morgan fingerprint density at radius 1 is 1.14 bits per heavy atom. The summed E-state index contributed by atoms with van der Waals surface area (Å²) in [7, 11) is 0. The number of hydrogen-bond acceptors (Lipinski definition) is 2. The molecular formula is C18H19BrO3. The number of carbonyl (C=O) groups is 1. The van der Waals surface area contributed by atoms with E-state index < -0.39 is 12.1 Å². The maximum absolute atomic E-state index is 11.5. The average Bonchev–Trinajstić information content (AvgIpc) is 2.49. The Kier molecular flexibility index (Phi) is 5.61. The molecular weight excluding hydrogens is 344 g/mol. The molecule has 0 bridgehead atoms. The lowest BCUT2D eigenvalue weighted by Gasteiger charge is -2.19. The maximum Gasteiger partial charge on any atom is 0.345 e. The van der Waals surface area contributed by atoms with Crippen molar-refractivity contribution in [1.29, 1.82) is 0 Å². The van der Waals surface area contributed by atoms with E-state index >= 15 is 0 Å². The Labute approximate surface area is 139 Å². The molecule has 2 aromatic carbocycles. The van der Waals surface area contributed by atoms with Gasteiger partial charge in [0, 0.05) is 10.9 Å². The van der Waals surface area contributed by atoms with Gasteiger partial charge in [0.15, 0.2) is 6.10 Å². The molecule has 0 aromatic heterocycles. The fourth-order valence-electron chi connectivity index (χ4n) is 2.23. The summed E-state index contributed by atoms with van der Waals surface area (Å²) in [5, 5.41) is 9.45. The van der Waals surface area contributed by atoms with E-state index in [2.05, 4.69) is 29.8 Å². The molecule has 1 atom stereocenters. The molecule has 1 N–H and O–H groups in total. The second-order valence-electron chi connectivity index (χ2n) is 5.47. The predicted molar refractivity (Wildman–Crippen MR) is 90.4 cm³/mol. The van der Waals surface area contributed by atoms with Crippen molar-refractivity contribution < 1.29 is 14.6 Å². The highest BCUT2D eigenvalue weighted by molar-refractivity contribution is 9.10. The van der Waals surface area contributed by atoms with Crippen LogP contribution in [0.4, 0.5) is 0 Å². The van der Waals surface area contributed by atoms with Crippen LogP contribution in [0.25, 0.3) is 0 Å². The van der Waals surface area contributed by atoms with Crippen molar-refractivity contribution in [2.45, 2.75) is 32.3 Å². The van der Waals surface area contributed by atoms with Crippen LogP contribution in [-0.4, -0.2) is 17.2 Å². The summed E-state index contributed by atoms with van der Waals surface area (Å²) in [6.45, 7) is 4.12. The first-order chi connectivity index (χ1) is 10.5. The summed E-state index contributed by atoms with van der Waals surface area (Å²) < 4.78 is 6.76. The van der Waals surface area contributed by atoms with Crippen LogP contribution in [-0.2, 0) is 11.2 Å². The Morgan fingerprint density at radius 2 is 1.77 bits per heavy atom. The van der Waals surface area contributed by atoms with E-state index in [1.54, 1.807) is 0 Å². The van der Waals surface area contributed by atoms with Gasteiger partial charge in [-0.25, -0.2) is 4.79 Å². The van der Waals surface area contributed by atoms with Gasteiger partial charge in [0.25, 0.3) is 0 Å². The molecule has 0 heterocycles. The van der Waals surface area contributed by atoms with E-state index in [1.807, 2.05) is 48.5 Å². The summed E-state index contributed by atoms with van der Waals surface area (Å²) in [5.41, 5.74) is 1.95. The molecule has 0 unspecified atom stereocenters. The number of aliphatic carboxylic acids is 1.